The van der Waals surface area contributed by atoms with Crippen molar-refractivity contribution in [3.05, 3.63) is 35.8 Å². The molecule has 0 N–H and O–H groups in total. The van der Waals surface area contributed by atoms with E-state index in [1.54, 1.807) is 12.1 Å². The van der Waals surface area contributed by atoms with Gasteiger partial charge >= 0.3 is 0 Å². The number of fused-ring (bicyclic) bond motifs is 1. The van der Waals surface area contributed by atoms with Crippen LogP contribution in [0.15, 0.2) is 24.4 Å². The van der Waals surface area contributed by atoms with Gasteiger partial charge in [-0.15, -0.1) is 0 Å². The summed E-state index contributed by atoms with van der Waals surface area (Å²) in [5.41, 5.74) is 2.44. The number of hydrogen-bond donors (Lipinski definition) is 0. The van der Waals surface area contributed by atoms with E-state index in [0.717, 1.165) is 38.0 Å². The highest BCUT2D eigenvalue weighted by Crippen LogP contribution is 2.25. The van der Waals surface area contributed by atoms with E-state index in [1.165, 1.54) is 49.6 Å². The van der Waals surface area contributed by atoms with Gasteiger partial charge in [0, 0.05) is 30.2 Å². The minimum absolute atomic E-state index is 0.135. The fraction of sp³-hybridized carbons (Fsp3) is 0.636. The number of hydrogen-bond acceptors (Lipinski definition) is 1. The van der Waals surface area contributed by atoms with Gasteiger partial charge in [0.15, 0.2) is 0 Å². The molecule has 2 rings (SSSR count). The Balaban J connectivity index is 2.09. The van der Waals surface area contributed by atoms with Crippen LogP contribution >= 0.6 is 0 Å². The molecule has 0 bridgehead atoms. The Kier molecular flexibility index (Phi) is 8.47. The lowest BCUT2D eigenvalue weighted by Crippen LogP contribution is -2.23. The van der Waals surface area contributed by atoms with Crippen LogP contribution in [0.4, 0.5) is 4.39 Å². The molecule has 0 amide bonds. The SMILES string of the molecule is CCCCCCCCn1cc(CN(CC)CCC)c2cc(F)ccc21. The van der Waals surface area contributed by atoms with Crippen LogP contribution in [0.25, 0.3) is 10.9 Å². The van der Waals surface area contributed by atoms with E-state index < -0.39 is 0 Å². The summed E-state index contributed by atoms with van der Waals surface area (Å²) in [7, 11) is 0. The number of rotatable bonds is 12. The van der Waals surface area contributed by atoms with Gasteiger partial charge in [0.05, 0.1) is 0 Å². The normalized spacial score (nSPS) is 11.7. The van der Waals surface area contributed by atoms with E-state index in [9.17, 15) is 4.39 Å². The Morgan fingerprint density at radius 3 is 2.44 bits per heavy atom. The lowest BCUT2D eigenvalue weighted by Gasteiger charge is -2.18. The highest BCUT2D eigenvalue weighted by molar-refractivity contribution is 5.84. The molecule has 25 heavy (non-hydrogen) atoms. The zero-order chi connectivity index (χ0) is 18.1. The fourth-order valence-electron chi connectivity index (χ4n) is 3.62. The predicted octanol–water partition coefficient (Wildman–Crippen LogP) is 6.37. The summed E-state index contributed by atoms with van der Waals surface area (Å²) >= 11 is 0. The summed E-state index contributed by atoms with van der Waals surface area (Å²) in [6, 6.07) is 5.25. The molecular weight excluding hydrogens is 311 g/mol. The maximum Gasteiger partial charge on any atom is 0.123 e. The minimum Gasteiger partial charge on any atom is -0.347 e. The van der Waals surface area contributed by atoms with Gasteiger partial charge in [0.1, 0.15) is 5.82 Å². The lowest BCUT2D eigenvalue weighted by atomic mass is 10.1. The predicted molar refractivity (Wildman–Crippen MR) is 107 cm³/mol. The number of aromatic nitrogens is 1. The van der Waals surface area contributed by atoms with Crippen molar-refractivity contribution in [3.8, 4) is 0 Å². The molecule has 0 fully saturated rings. The van der Waals surface area contributed by atoms with E-state index in [4.69, 9.17) is 0 Å². The van der Waals surface area contributed by atoms with Gasteiger partial charge in [-0.2, -0.15) is 0 Å². The number of nitrogens with zero attached hydrogens (tertiary/aromatic N) is 2. The van der Waals surface area contributed by atoms with Gasteiger partial charge < -0.3 is 4.57 Å². The second-order valence-corrected chi connectivity index (χ2v) is 7.15. The monoisotopic (exact) mass is 346 g/mol. The van der Waals surface area contributed by atoms with E-state index >= 15 is 0 Å². The quantitative estimate of drug-likeness (QED) is 0.405. The van der Waals surface area contributed by atoms with E-state index in [0.29, 0.717) is 0 Å². The van der Waals surface area contributed by atoms with Crippen molar-refractivity contribution < 1.29 is 4.39 Å². The first-order valence-corrected chi connectivity index (χ1v) is 10.2. The fourth-order valence-corrected chi connectivity index (χ4v) is 3.62. The number of benzene rings is 1. The average Bonchev–Trinajstić information content (AvgIpc) is 2.94. The first-order valence-electron chi connectivity index (χ1n) is 10.2. The molecule has 0 atom stereocenters. The molecule has 0 aliphatic heterocycles. The number of aryl methyl sites for hydroxylation is 1. The third-order valence-corrected chi connectivity index (χ3v) is 5.06. The van der Waals surface area contributed by atoms with Crippen LogP contribution in [0.1, 0.15) is 71.3 Å². The van der Waals surface area contributed by atoms with E-state index in [-0.39, 0.29) is 5.82 Å². The summed E-state index contributed by atoms with van der Waals surface area (Å²) in [6.07, 6.45) is 11.2. The van der Waals surface area contributed by atoms with Crippen molar-refractivity contribution in [1.29, 1.82) is 0 Å². The van der Waals surface area contributed by atoms with Gasteiger partial charge in [-0.25, -0.2) is 4.39 Å². The molecular formula is C22H35FN2. The zero-order valence-electron chi connectivity index (χ0n) is 16.4. The molecule has 0 radical (unpaired) electrons. The van der Waals surface area contributed by atoms with Crippen LogP contribution in [-0.4, -0.2) is 22.6 Å². The Hall–Kier alpha value is -1.35. The van der Waals surface area contributed by atoms with Crippen molar-refractivity contribution in [3.63, 3.8) is 0 Å². The van der Waals surface area contributed by atoms with Gasteiger partial charge in [0.2, 0.25) is 0 Å². The van der Waals surface area contributed by atoms with Crippen molar-refractivity contribution >= 4 is 10.9 Å². The third-order valence-electron chi connectivity index (χ3n) is 5.06. The summed E-state index contributed by atoms with van der Waals surface area (Å²) in [4.78, 5) is 2.44. The molecule has 1 aromatic carbocycles. The number of unbranched alkanes of at least 4 members (excludes halogenated alkanes) is 5. The summed E-state index contributed by atoms with van der Waals surface area (Å²) in [6.45, 7) is 10.7. The van der Waals surface area contributed by atoms with Crippen molar-refractivity contribution in [1.82, 2.24) is 9.47 Å². The molecule has 0 saturated carbocycles. The van der Waals surface area contributed by atoms with Crippen LogP contribution < -0.4 is 0 Å². The third kappa shape index (κ3) is 5.85. The van der Waals surface area contributed by atoms with Crippen LogP contribution in [-0.2, 0) is 13.1 Å². The van der Waals surface area contributed by atoms with Crippen LogP contribution in [0.5, 0.6) is 0 Å². The molecule has 0 spiro atoms. The Morgan fingerprint density at radius 1 is 0.960 bits per heavy atom. The second kappa shape index (κ2) is 10.6. The summed E-state index contributed by atoms with van der Waals surface area (Å²) in [5, 5.41) is 1.08. The van der Waals surface area contributed by atoms with Crippen molar-refractivity contribution in [2.24, 2.45) is 0 Å². The first kappa shape index (κ1) is 20.0. The minimum atomic E-state index is -0.135. The Bertz CT molecular complexity index is 632. The summed E-state index contributed by atoms with van der Waals surface area (Å²) < 4.78 is 16.1. The maximum atomic E-state index is 13.8. The molecule has 2 aromatic rings. The molecule has 1 heterocycles. The lowest BCUT2D eigenvalue weighted by molar-refractivity contribution is 0.281. The molecule has 0 saturated heterocycles. The highest BCUT2D eigenvalue weighted by Gasteiger charge is 2.12. The molecule has 3 heteroatoms. The van der Waals surface area contributed by atoms with Crippen molar-refractivity contribution in [2.75, 3.05) is 13.1 Å². The number of halogens is 1. The van der Waals surface area contributed by atoms with Gasteiger partial charge in [-0.3, -0.25) is 4.90 Å². The molecule has 1 aromatic heterocycles. The first-order chi connectivity index (χ1) is 12.2. The largest absolute Gasteiger partial charge is 0.347 e. The molecule has 0 aliphatic carbocycles. The molecule has 140 valence electrons. The average molecular weight is 347 g/mol. The highest BCUT2D eigenvalue weighted by atomic mass is 19.1. The smallest absolute Gasteiger partial charge is 0.123 e. The second-order valence-electron chi connectivity index (χ2n) is 7.15. The Morgan fingerprint density at radius 2 is 1.72 bits per heavy atom. The maximum absolute atomic E-state index is 13.8. The molecule has 0 aliphatic rings. The van der Waals surface area contributed by atoms with E-state index in [1.807, 2.05) is 6.07 Å². The topological polar surface area (TPSA) is 8.17 Å². The molecule has 2 nitrogen and oxygen atoms in total. The van der Waals surface area contributed by atoms with Crippen LogP contribution in [0, 0.1) is 5.82 Å². The Labute approximate surface area is 153 Å². The summed E-state index contributed by atoms with van der Waals surface area (Å²) in [5.74, 6) is -0.135. The van der Waals surface area contributed by atoms with Crippen LogP contribution in [0.2, 0.25) is 0 Å². The molecule has 0 unspecified atom stereocenters. The van der Waals surface area contributed by atoms with Gasteiger partial charge in [-0.05, 0) is 49.7 Å². The van der Waals surface area contributed by atoms with Gasteiger partial charge in [-0.1, -0.05) is 52.9 Å². The van der Waals surface area contributed by atoms with E-state index in [2.05, 4.69) is 36.4 Å². The van der Waals surface area contributed by atoms with Gasteiger partial charge in [0.25, 0.3) is 0 Å². The van der Waals surface area contributed by atoms with Crippen LogP contribution in [0.3, 0.4) is 0 Å². The van der Waals surface area contributed by atoms with Crippen molar-refractivity contribution in [2.45, 2.75) is 78.8 Å². The standard InChI is InChI=1S/C22H35FN2/c1-4-7-8-9-10-11-15-25-18-19(17-24(6-3)14-5-2)21-16-20(23)12-13-22(21)25/h12-13,16,18H,4-11,14-15,17H2,1-3H3. The zero-order valence-corrected chi connectivity index (χ0v) is 16.4.